The van der Waals surface area contributed by atoms with E-state index in [1.807, 2.05) is 59.4 Å². The van der Waals surface area contributed by atoms with Crippen molar-refractivity contribution in [2.45, 2.75) is 6.54 Å². The van der Waals surface area contributed by atoms with E-state index >= 15 is 0 Å². The summed E-state index contributed by atoms with van der Waals surface area (Å²) in [6, 6.07) is 20.0. The summed E-state index contributed by atoms with van der Waals surface area (Å²) in [5.41, 5.74) is 3.71. The first-order valence-corrected chi connectivity index (χ1v) is 9.64. The van der Waals surface area contributed by atoms with Crippen LogP contribution in [0.4, 0.5) is 5.69 Å². The number of nitrogens with zero attached hydrogens (tertiary/aromatic N) is 4. The van der Waals surface area contributed by atoms with E-state index in [0.717, 1.165) is 36.9 Å². The summed E-state index contributed by atoms with van der Waals surface area (Å²) in [5, 5.41) is 5.82. The highest BCUT2D eigenvalue weighted by atomic mass is 79.9. The second-order valence-corrected chi connectivity index (χ2v) is 7.42. The summed E-state index contributed by atoms with van der Waals surface area (Å²) in [7, 11) is 0. The molecule has 4 rings (SSSR count). The third kappa shape index (κ3) is 3.48. The van der Waals surface area contributed by atoms with Gasteiger partial charge in [-0.1, -0.05) is 30.3 Å². The lowest BCUT2D eigenvalue weighted by Gasteiger charge is -2.02. The molecule has 0 atom stereocenters. The van der Waals surface area contributed by atoms with Crippen molar-refractivity contribution in [3.05, 3.63) is 87.2 Å². The highest BCUT2D eigenvalue weighted by Crippen LogP contribution is 2.33. The Kier molecular flexibility index (Phi) is 4.95. The third-order valence-electron chi connectivity index (χ3n) is 3.98. The Hall–Kier alpha value is -2.31. The van der Waals surface area contributed by atoms with Crippen LogP contribution in [0.1, 0.15) is 11.4 Å². The summed E-state index contributed by atoms with van der Waals surface area (Å²) in [6.45, 7) is 0.619. The molecule has 2 aromatic heterocycles. The van der Waals surface area contributed by atoms with Gasteiger partial charge in [0.1, 0.15) is 5.69 Å². The van der Waals surface area contributed by atoms with Crippen LogP contribution < -0.4 is 0 Å². The van der Waals surface area contributed by atoms with Crippen molar-refractivity contribution in [1.82, 2.24) is 14.8 Å². The maximum absolute atomic E-state index is 4.76. The van der Waals surface area contributed by atoms with Gasteiger partial charge in [0.15, 0.2) is 0 Å². The zero-order chi connectivity index (χ0) is 17.9. The Labute approximate surface area is 167 Å². The van der Waals surface area contributed by atoms with Crippen LogP contribution in [0.2, 0.25) is 0 Å². The minimum atomic E-state index is 0.619. The molecule has 0 N–H and O–H groups in total. The molecule has 0 radical (unpaired) electrons. The average molecular weight is 470 g/mol. The molecule has 2 heterocycles. The molecule has 2 aromatic carbocycles. The van der Waals surface area contributed by atoms with Gasteiger partial charge in [-0.05, 0) is 62.2 Å². The van der Waals surface area contributed by atoms with Gasteiger partial charge < -0.3 is 0 Å². The molecule has 0 saturated carbocycles. The topological polar surface area (TPSA) is 43.1 Å². The molecule has 0 saturated heterocycles. The average Bonchev–Trinajstić information content (AvgIpc) is 3.00. The van der Waals surface area contributed by atoms with Crippen LogP contribution in [0, 0.1) is 0 Å². The fourth-order valence-electron chi connectivity index (χ4n) is 2.75. The van der Waals surface area contributed by atoms with Crippen molar-refractivity contribution in [2.24, 2.45) is 4.99 Å². The standard InChI is InChI=1S/C20H14Br2N4/c21-16-8-5-9-17(22)20(16)24-12-18-15-7-1-2-10-19(15)26(25-18)13-14-6-3-4-11-23-14/h1-12H,13H2. The normalized spacial score (nSPS) is 11.5. The maximum atomic E-state index is 4.76. The van der Waals surface area contributed by atoms with E-state index < -0.39 is 0 Å². The lowest BCUT2D eigenvalue weighted by molar-refractivity contribution is 0.695. The Morgan fingerprint density at radius 2 is 1.69 bits per heavy atom. The lowest BCUT2D eigenvalue weighted by atomic mass is 10.2. The number of rotatable bonds is 4. The van der Waals surface area contributed by atoms with E-state index in [4.69, 9.17) is 5.10 Å². The zero-order valence-corrected chi connectivity index (χ0v) is 16.9. The zero-order valence-electron chi connectivity index (χ0n) is 13.7. The van der Waals surface area contributed by atoms with Crippen molar-refractivity contribution in [3.8, 4) is 0 Å². The fourth-order valence-corrected chi connectivity index (χ4v) is 3.96. The number of benzene rings is 2. The first-order valence-electron chi connectivity index (χ1n) is 8.06. The Balaban J connectivity index is 1.75. The van der Waals surface area contributed by atoms with E-state index in [-0.39, 0.29) is 0 Å². The van der Waals surface area contributed by atoms with Gasteiger partial charge in [-0.2, -0.15) is 5.10 Å². The van der Waals surface area contributed by atoms with E-state index in [1.54, 1.807) is 6.20 Å². The van der Waals surface area contributed by atoms with Crippen LogP contribution in [0.5, 0.6) is 0 Å². The molecule has 0 aliphatic carbocycles. The summed E-state index contributed by atoms with van der Waals surface area (Å²) >= 11 is 7.08. The number of fused-ring (bicyclic) bond motifs is 1. The summed E-state index contributed by atoms with van der Waals surface area (Å²) in [5.74, 6) is 0. The first-order chi connectivity index (χ1) is 12.7. The molecule has 128 valence electrons. The molecule has 0 fully saturated rings. The maximum Gasteiger partial charge on any atom is 0.111 e. The van der Waals surface area contributed by atoms with Crippen LogP contribution >= 0.6 is 31.9 Å². The van der Waals surface area contributed by atoms with Crippen LogP contribution in [0.3, 0.4) is 0 Å². The van der Waals surface area contributed by atoms with Gasteiger partial charge in [0.25, 0.3) is 0 Å². The second-order valence-electron chi connectivity index (χ2n) is 5.71. The number of halogens is 2. The first kappa shape index (κ1) is 17.1. The molecular formula is C20H14Br2N4. The molecule has 0 bridgehead atoms. The lowest BCUT2D eigenvalue weighted by Crippen LogP contribution is -2.03. The quantitative estimate of drug-likeness (QED) is 0.357. The predicted octanol–water partition coefficient (Wildman–Crippen LogP) is 5.76. The Morgan fingerprint density at radius 3 is 2.46 bits per heavy atom. The largest absolute Gasteiger partial charge is 0.259 e. The monoisotopic (exact) mass is 468 g/mol. The smallest absolute Gasteiger partial charge is 0.111 e. The number of hydrogen-bond donors (Lipinski definition) is 0. The van der Waals surface area contributed by atoms with Gasteiger partial charge in [-0.15, -0.1) is 0 Å². The van der Waals surface area contributed by atoms with Crippen LogP contribution in [-0.4, -0.2) is 21.0 Å². The Bertz CT molecular complexity index is 1070. The van der Waals surface area contributed by atoms with Crippen molar-refractivity contribution >= 4 is 54.7 Å². The molecule has 6 heteroatoms. The van der Waals surface area contributed by atoms with Crippen LogP contribution in [0.25, 0.3) is 10.9 Å². The second kappa shape index (κ2) is 7.51. The van der Waals surface area contributed by atoms with Gasteiger partial charge in [0.05, 0.1) is 29.7 Å². The number of aliphatic imine (C=N–C) groups is 1. The summed E-state index contributed by atoms with van der Waals surface area (Å²) in [4.78, 5) is 9.04. The van der Waals surface area contributed by atoms with Gasteiger partial charge in [-0.3, -0.25) is 14.7 Å². The van der Waals surface area contributed by atoms with Gasteiger partial charge in [-0.25, -0.2) is 0 Å². The molecule has 0 aliphatic rings. The number of hydrogen-bond acceptors (Lipinski definition) is 3. The highest BCUT2D eigenvalue weighted by molar-refractivity contribution is 9.11. The summed E-state index contributed by atoms with van der Waals surface area (Å²) < 4.78 is 3.83. The van der Waals surface area contributed by atoms with E-state index in [1.165, 1.54) is 0 Å². The number of para-hydroxylation sites is 2. The summed E-state index contributed by atoms with van der Waals surface area (Å²) in [6.07, 6.45) is 3.61. The van der Waals surface area contributed by atoms with Crippen LogP contribution in [0.15, 0.2) is 80.8 Å². The molecule has 4 aromatic rings. The van der Waals surface area contributed by atoms with E-state index in [2.05, 4.69) is 54.0 Å². The SMILES string of the molecule is Brc1cccc(Br)c1N=Cc1nn(Cc2ccccn2)c2ccccc12. The van der Waals surface area contributed by atoms with E-state index in [0.29, 0.717) is 6.54 Å². The molecular weight excluding hydrogens is 456 g/mol. The Morgan fingerprint density at radius 1 is 0.923 bits per heavy atom. The molecule has 26 heavy (non-hydrogen) atoms. The molecule has 0 unspecified atom stereocenters. The van der Waals surface area contributed by atoms with Crippen molar-refractivity contribution in [2.75, 3.05) is 0 Å². The highest BCUT2D eigenvalue weighted by Gasteiger charge is 2.10. The molecule has 0 spiro atoms. The van der Waals surface area contributed by atoms with Gasteiger partial charge in [0, 0.05) is 20.5 Å². The van der Waals surface area contributed by atoms with Gasteiger partial charge in [0.2, 0.25) is 0 Å². The number of aromatic nitrogens is 3. The third-order valence-corrected chi connectivity index (χ3v) is 5.26. The van der Waals surface area contributed by atoms with Crippen molar-refractivity contribution in [3.63, 3.8) is 0 Å². The van der Waals surface area contributed by atoms with Crippen LogP contribution in [-0.2, 0) is 6.54 Å². The minimum Gasteiger partial charge on any atom is -0.259 e. The van der Waals surface area contributed by atoms with Crippen molar-refractivity contribution < 1.29 is 0 Å². The fraction of sp³-hybridized carbons (Fsp3) is 0.0500. The molecule has 0 amide bonds. The molecule has 4 nitrogen and oxygen atoms in total. The van der Waals surface area contributed by atoms with Crippen molar-refractivity contribution in [1.29, 1.82) is 0 Å². The van der Waals surface area contributed by atoms with E-state index in [9.17, 15) is 0 Å². The molecule has 0 aliphatic heterocycles. The number of pyridine rings is 1. The minimum absolute atomic E-state index is 0.619. The predicted molar refractivity (Wildman–Crippen MR) is 112 cm³/mol. The van der Waals surface area contributed by atoms with Gasteiger partial charge >= 0.3 is 0 Å².